The molecule has 1 amide bonds. The van der Waals surface area contributed by atoms with Gasteiger partial charge < -0.3 is 14.0 Å². The molecule has 2 aromatic heterocycles. The zero-order chi connectivity index (χ0) is 20.8. The first-order chi connectivity index (χ1) is 14.0. The zero-order valence-corrected chi connectivity index (χ0v) is 17.9. The van der Waals surface area contributed by atoms with Crippen molar-refractivity contribution in [1.29, 1.82) is 0 Å². The third-order valence-corrected chi connectivity index (χ3v) is 5.89. The summed E-state index contributed by atoms with van der Waals surface area (Å²) in [5, 5.41) is 11.3. The lowest BCUT2D eigenvalue weighted by atomic mass is 10.1. The summed E-state index contributed by atoms with van der Waals surface area (Å²) in [5.74, 6) is -0.265. The summed E-state index contributed by atoms with van der Waals surface area (Å²) in [6.07, 6.45) is 3.69. The molecule has 0 aliphatic heterocycles. The van der Waals surface area contributed by atoms with Gasteiger partial charge in [-0.15, -0.1) is 10.2 Å². The second kappa shape index (κ2) is 9.77. The molecule has 0 bridgehead atoms. The lowest BCUT2D eigenvalue weighted by molar-refractivity contribution is -0.139. The minimum absolute atomic E-state index is 0.126. The van der Waals surface area contributed by atoms with Crippen molar-refractivity contribution in [2.45, 2.75) is 11.3 Å². The molecule has 0 aliphatic rings. The normalized spacial score (nSPS) is 10.6. The average Bonchev–Trinajstić information content (AvgIpc) is 3.38. The second-order valence-electron chi connectivity index (χ2n) is 5.52. The van der Waals surface area contributed by atoms with E-state index in [0.717, 1.165) is 11.3 Å². The van der Waals surface area contributed by atoms with Crippen LogP contribution >= 0.6 is 34.7 Å². The van der Waals surface area contributed by atoms with E-state index in [2.05, 4.69) is 15.5 Å². The van der Waals surface area contributed by atoms with Gasteiger partial charge in [0.05, 0.1) is 35.7 Å². The zero-order valence-electron chi connectivity index (χ0n) is 15.5. The second-order valence-corrected chi connectivity index (χ2v) is 8.12. The Morgan fingerprint density at radius 3 is 2.72 bits per heavy atom. The Morgan fingerprint density at radius 1 is 1.28 bits per heavy atom. The number of ether oxygens (including phenoxy) is 2. The van der Waals surface area contributed by atoms with Crippen molar-refractivity contribution >= 4 is 51.7 Å². The maximum absolute atomic E-state index is 12.7. The number of nitrogens with zero attached hydrogens (tertiary/aromatic N) is 3. The molecule has 11 heteroatoms. The van der Waals surface area contributed by atoms with Gasteiger partial charge >= 0.3 is 5.97 Å². The molecule has 8 nitrogen and oxygen atoms in total. The first-order valence-corrected chi connectivity index (χ1v) is 10.6. The number of anilines is 1. The van der Waals surface area contributed by atoms with Crippen LogP contribution in [0.4, 0.5) is 5.13 Å². The molecule has 0 radical (unpaired) electrons. The molecule has 0 spiro atoms. The van der Waals surface area contributed by atoms with Gasteiger partial charge in [0.2, 0.25) is 5.13 Å². The number of carbonyl (C=O) groups excluding carboxylic acids is 2. The topological polar surface area (TPSA) is 95.3 Å². The smallest absolute Gasteiger partial charge is 0.316 e. The van der Waals surface area contributed by atoms with Gasteiger partial charge in [-0.3, -0.25) is 14.9 Å². The van der Waals surface area contributed by atoms with E-state index in [-0.39, 0.29) is 17.3 Å². The molecule has 0 atom stereocenters. The Bertz CT molecular complexity index is 1010. The first-order valence-electron chi connectivity index (χ1n) is 8.46. The molecule has 152 valence electrons. The van der Waals surface area contributed by atoms with Gasteiger partial charge in [0, 0.05) is 18.5 Å². The van der Waals surface area contributed by atoms with Crippen LogP contribution in [0.2, 0.25) is 5.02 Å². The number of amides is 1. The number of aromatic nitrogens is 3. The number of carbonyl (C=O) groups is 2. The minimum Gasteiger partial charge on any atom is -0.496 e. The van der Waals surface area contributed by atoms with E-state index in [1.54, 1.807) is 19.1 Å². The highest BCUT2D eigenvalue weighted by molar-refractivity contribution is 8.01. The summed E-state index contributed by atoms with van der Waals surface area (Å²) >= 11 is 8.72. The molecule has 0 saturated carbocycles. The van der Waals surface area contributed by atoms with Crippen LogP contribution in [0.3, 0.4) is 0 Å². The Hall–Kier alpha value is -2.56. The van der Waals surface area contributed by atoms with Gasteiger partial charge in [0.25, 0.3) is 5.91 Å². The summed E-state index contributed by atoms with van der Waals surface area (Å²) in [5.41, 5.74) is 0.961. The van der Waals surface area contributed by atoms with E-state index in [1.165, 1.54) is 18.9 Å². The number of methoxy groups -OCH3 is 1. The van der Waals surface area contributed by atoms with Crippen molar-refractivity contribution in [3.63, 3.8) is 0 Å². The highest BCUT2D eigenvalue weighted by atomic mass is 35.5. The molecule has 2 heterocycles. The van der Waals surface area contributed by atoms with Crippen LogP contribution in [-0.2, 0) is 9.53 Å². The number of hydrogen-bond donors (Lipinski definition) is 1. The monoisotopic (exact) mass is 452 g/mol. The lowest BCUT2D eigenvalue weighted by Crippen LogP contribution is -2.13. The van der Waals surface area contributed by atoms with E-state index in [4.69, 9.17) is 21.1 Å². The van der Waals surface area contributed by atoms with Crippen molar-refractivity contribution in [3.8, 4) is 11.4 Å². The highest BCUT2D eigenvalue weighted by Gasteiger charge is 2.18. The fourth-order valence-corrected chi connectivity index (χ4v) is 4.19. The van der Waals surface area contributed by atoms with Crippen LogP contribution < -0.4 is 10.1 Å². The molecule has 1 aromatic carbocycles. The Labute approximate surface area is 180 Å². The molecular weight excluding hydrogens is 436 g/mol. The first kappa shape index (κ1) is 21.2. The van der Waals surface area contributed by atoms with Crippen molar-refractivity contribution in [2.24, 2.45) is 0 Å². The summed E-state index contributed by atoms with van der Waals surface area (Å²) in [7, 11) is 1.48. The summed E-state index contributed by atoms with van der Waals surface area (Å²) in [6.45, 7) is 2.07. The molecule has 29 heavy (non-hydrogen) atoms. The number of rotatable bonds is 8. The maximum atomic E-state index is 12.7. The quantitative estimate of drug-likeness (QED) is 0.314. The van der Waals surface area contributed by atoms with Gasteiger partial charge in [0.1, 0.15) is 5.75 Å². The fraction of sp³-hybridized carbons (Fsp3) is 0.222. The summed E-state index contributed by atoms with van der Waals surface area (Å²) in [6, 6.07) is 6.98. The predicted molar refractivity (Wildman–Crippen MR) is 113 cm³/mol. The molecule has 3 aromatic rings. The number of benzene rings is 1. The van der Waals surface area contributed by atoms with E-state index in [0.29, 0.717) is 32.5 Å². The van der Waals surface area contributed by atoms with Gasteiger partial charge in [-0.25, -0.2) is 0 Å². The van der Waals surface area contributed by atoms with Crippen LogP contribution in [-0.4, -0.2) is 46.1 Å². The van der Waals surface area contributed by atoms with Crippen molar-refractivity contribution in [1.82, 2.24) is 14.8 Å². The summed E-state index contributed by atoms with van der Waals surface area (Å²) in [4.78, 5) is 24.1. The van der Waals surface area contributed by atoms with Crippen molar-refractivity contribution in [3.05, 3.63) is 47.2 Å². The van der Waals surface area contributed by atoms with E-state index in [9.17, 15) is 9.59 Å². The van der Waals surface area contributed by atoms with Crippen LogP contribution in [0.25, 0.3) is 5.69 Å². The standard InChI is InChI=1S/C18H17ClN4O4S2/c1-3-27-15(24)10-28-18-22-21-17(29-18)20-16(25)11-8-12(19)13(9-14(11)26-2)23-6-4-5-7-23/h4-9H,3,10H2,1-2H3,(H,20,21,25). The Kier molecular flexibility index (Phi) is 7.13. The predicted octanol–water partition coefficient (Wildman–Crippen LogP) is 3.90. The molecule has 1 N–H and O–H groups in total. The molecule has 0 fully saturated rings. The third kappa shape index (κ3) is 5.28. The largest absolute Gasteiger partial charge is 0.496 e. The molecule has 0 unspecified atom stereocenters. The third-order valence-electron chi connectivity index (χ3n) is 3.64. The summed E-state index contributed by atoms with van der Waals surface area (Å²) < 4.78 is 12.6. The van der Waals surface area contributed by atoms with E-state index >= 15 is 0 Å². The molecule has 0 aliphatic carbocycles. The number of halogens is 1. The van der Waals surface area contributed by atoms with Gasteiger partial charge in [-0.05, 0) is 25.1 Å². The van der Waals surface area contributed by atoms with Gasteiger partial charge in [-0.1, -0.05) is 34.7 Å². The maximum Gasteiger partial charge on any atom is 0.316 e. The van der Waals surface area contributed by atoms with E-state index < -0.39 is 5.91 Å². The van der Waals surface area contributed by atoms with Crippen molar-refractivity contribution in [2.75, 3.05) is 24.8 Å². The highest BCUT2D eigenvalue weighted by Crippen LogP contribution is 2.31. The minimum atomic E-state index is -0.430. The van der Waals surface area contributed by atoms with Crippen LogP contribution in [0, 0.1) is 0 Å². The van der Waals surface area contributed by atoms with Crippen molar-refractivity contribution < 1.29 is 19.1 Å². The molecule has 0 saturated heterocycles. The molecule has 3 rings (SSSR count). The van der Waals surface area contributed by atoms with E-state index in [1.807, 2.05) is 29.1 Å². The SMILES string of the molecule is CCOC(=O)CSc1nnc(NC(=O)c2cc(Cl)c(-n3cccc3)cc2OC)s1. The van der Waals surface area contributed by atoms with Crippen LogP contribution in [0.5, 0.6) is 5.75 Å². The van der Waals surface area contributed by atoms with Gasteiger partial charge in [0.15, 0.2) is 4.34 Å². The van der Waals surface area contributed by atoms with Crippen LogP contribution in [0.15, 0.2) is 41.0 Å². The number of esters is 1. The number of hydrogen-bond acceptors (Lipinski definition) is 8. The van der Waals surface area contributed by atoms with Gasteiger partial charge in [-0.2, -0.15) is 0 Å². The average molecular weight is 453 g/mol. The van der Waals surface area contributed by atoms with Crippen LogP contribution in [0.1, 0.15) is 17.3 Å². The fourth-order valence-electron chi connectivity index (χ4n) is 2.39. The number of nitrogens with one attached hydrogen (secondary N) is 1. The molecular formula is C18H17ClN4O4S2. The number of thioether (sulfide) groups is 1. The lowest BCUT2D eigenvalue weighted by Gasteiger charge is -2.13. The Balaban J connectivity index is 1.72. The Morgan fingerprint density at radius 2 is 2.03 bits per heavy atom.